The maximum Gasteiger partial charge on any atom is 0.338 e. The number of rotatable bonds is 6. The summed E-state index contributed by atoms with van der Waals surface area (Å²) < 4.78 is 13.7. The van der Waals surface area contributed by atoms with Crippen molar-refractivity contribution in [3.05, 3.63) is 94.0 Å². The summed E-state index contributed by atoms with van der Waals surface area (Å²) >= 11 is 10.8. The molecule has 9 heteroatoms. The number of carbonyl (C=O) groups excluding carboxylic acids is 1. The fourth-order valence-corrected chi connectivity index (χ4v) is 5.32. The van der Waals surface area contributed by atoms with Crippen molar-refractivity contribution in [2.24, 2.45) is 4.99 Å². The van der Waals surface area contributed by atoms with E-state index in [0.717, 1.165) is 10.0 Å². The standard InChI is InChI=1S/C26H20BrClN2O4S/c1-4-12-34-20-11-8-18(27)13-17(20)14-21-24(31)30-23(16-6-9-19(28)10-7-16)22(25(32)33-5-2)15(3)29-26(30)35-21/h1,6-11,13-14,23H,5,12H2,2-3H3/b21-14-/t23-/m1/s1. The fraction of sp³-hybridized carbons (Fsp3) is 0.192. The Morgan fingerprint density at radius 1 is 1.31 bits per heavy atom. The van der Waals surface area contributed by atoms with E-state index in [4.69, 9.17) is 27.5 Å². The number of hydrogen-bond acceptors (Lipinski definition) is 6. The van der Waals surface area contributed by atoms with Crippen molar-refractivity contribution in [2.45, 2.75) is 19.9 Å². The average Bonchev–Trinajstić information content (AvgIpc) is 3.12. The molecule has 1 aliphatic heterocycles. The van der Waals surface area contributed by atoms with Crippen LogP contribution in [0.15, 0.2) is 68.0 Å². The minimum absolute atomic E-state index is 0.0996. The molecule has 178 valence electrons. The topological polar surface area (TPSA) is 69.9 Å². The summed E-state index contributed by atoms with van der Waals surface area (Å²) in [5.41, 5.74) is 1.93. The van der Waals surface area contributed by atoms with E-state index in [9.17, 15) is 9.59 Å². The highest BCUT2D eigenvalue weighted by molar-refractivity contribution is 9.10. The number of nitrogens with zero attached hydrogens (tertiary/aromatic N) is 2. The van der Waals surface area contributed by atoms with Gasteiger partial charge in [-0.15, -0.1) is 6.42 Å². The lowest BCUT2D eigenvalue weighted by Gasteiger charge is -2.24. The summed E-state index contributed by atoms with van der Waals surface area (Å²) in [7, 11) is 0. The molecule has 1 aromatic heterocycles. The highest BCUT2D eigenvalue weighted by Crippen LogP contribution is 2.31. The molecule has 0 unspecified atom stereocenters. The Bertz CT molecular complexity index is 1550. The number of carbonyl (C=O) groups is 1. The Labute approximate surface area is 219 Å². The molecule has 2 aromatic carbocycles. The molecule has 6 nitrogen and oxygen atoms in total. The SMILES string of the molecule is C#CCOc1ccc(Br)cc1/C=c1\sc2n(c1=O)[C@H](c1ccc(Cl)cc1)C(C(=O)OCC)=C(C)N=2. The van der Waals surface area contributed by atoms with E-state index < -0.39 is 12.0 Å². The highest BCUT2D eigenvalue weighted by atomic mass is 79.9. The number of hydrogen-bond donors (Lipinski definition) is 0. The maximum absolute atomic E-state index is 13.7. The van der Waals surface area contributed by atoms with Gasteiger partial charge in [-0.3, -0.25) is 9.36 Å². The van der Waals surface area contributed by atoms with Crippen molar-refractivity contribution < 1.29 is 14.3 Å². The van der Waals surface area contributed by atoms with Crippen LogP contribution >= 0.6 is 38.9 Å². The molecular formula is C26H20BrClN2O4S. The van der Waals surface area contributed by atoms with E-state index in [2.05, 4.69) is 26.8 Å². The Kier molecular flexibility index (Phi) is 7.60. The van der Waals surface area contributed by atoms with Crippen molar-refractivity contribution in [1.82, 2.24) is 4.57 Å². The van der Waals surface area contributed by atoms with Gasteiger partial charge < -0.3 is 9.47 Å². The number of halogens is 2. The number of esters is 1. The van der Waals surface area contributed by atoms with Crippen molar-refractivity contribution in [2.75, 3.05) is 13.2 Å². The number of ether oxygens (including phenoxy) is 2. The molecule has 0 saturated heterocycles. The van der Waals surface area contributed by atoms with Gasteiger partial charge in [-0.1, -0.05) is 56.9 Å². The predicted octanol–water partition coefficient (Wildman–Crippen LogP) is 4.23. The van der Waals surface area contributed by atoms with Crippen LogP contribution in [0.25, 0.3) is 6.08 Å². The predicted molar refractivity (Wildman–Crippen MR) is 140 cm³/mol. The zero-order valence-electron chi connectivity index (χ0n) is 18.9. The minimum atomic E-state index is -0.704. The smallest absolute Gasteiger partial charge is 0.338 e. The highest BCUT2D eigenvalue weighted by Gasteiger charge is 2.33. The van der Waals surface area contributed by atoms with Gasteiger partial charge in [0.05, 0.1) is 28.5 Å². The summed E-state index contributed by atoms with van der Waals surface area (Å²) in [6.07, 6.45) is 7.08. The van der Waals surface area contributed by atoms with Crippen molar-refractivity contribution in [3.63, 3.8) is 0 Å². The quantitative estimate of drug-likeness (QED) is 0.328. The first-order valence-electron chi connectivity index (χ1n) is 10.6. The van der Waals surface area contributed by atoms with E-state index in [0.29, 0.717) is 36.9 Å². The molecule has 4 rings (SSSR count). The van der Waals surface area contributed by atoms with Gasteiger partial charge in [0.2, 0.25) is 0 Å². The second-order valence-electron chi connectivity index (χ2n) is 7.53. The van der Waals surface area contributed by atoms with Gasteiger partial charge in [-0.25, -0.2) is 9.79 Å². The van der Waals surface area contributed by atoms with E-state index in [-0.39, 0.29) is 18.8 Å². The van der Waals surface area contributed by atoms with Crippen LogP contribution in [0, 0.1) is 12.3 Å². The van der Waals surface area contributed by atoms with Gasteiger partial charge in [0.15, 0.2) is 4.80 Å². The molecule has 1 aliphatic rings. The number of benzene rings is 2. The normalized spacial score (nSPS) is 15.3. The summed E-state index contributed by atoms with van der Waals surface area (Å²) in [5, 5.41) is 0.550. The van der Waals surface area contributed by atoms with Crippen molar-refractivity contribution in [1.29, 1.82) is 0 Å². The zero-order valence-corrected chi connectivity index (χ0v) is 22.0. The van der Waals surface area contributed by atoms with Crippen LogP contribution in [-0.4, -0.2) is 23.8 Å². The van der Waals surface area contributed by atoms with Crippen LogP contribution in [-0.2, 0) is 9.53 Å². The molecule has 1 atom stereocenters. The van der Waals surface area contributed by atoms with Gasteiger partial charge in [0.1, 0.15) is 12.4 Å². The first-order chi connectivity index (χ1) is 16.8. The molecule has 0 saturated carbocycles. The monoisotopic (exact) mass is 570 g/mol. The number of terminal acetylenes is 1. The first kappa shape index (κ1) is 25.0. The van der Waals surface area contributed by atoms with E-state index in [1.54, 1.807) is 50.3 Å². The number of thiazole rings is 1. The lowest BCUT2D eigenvalue weighted by atomic mass is 9.96. The third-order valence-corrected chi connectivity index (χ3v) is 7.00. The lowest BCUT2D eigenvalue weighted by Crippen LogP contribution is -2.39. The van der Waals surface area contributed by atoms with Crippen LogP contribution < -0.4 is 19.6 Å². The van der Waals surface area contributed by atoms with Crippen LogP contribution in [0.3, 0.4) is 0 Å². The van der Waals surface area contributed by atoms with Gasteiger partial charge in [0.25, 0.3) is 5.56 Å². The molecule has 0 radical (unpaired) electrons. The summed E-state index contributed by atoms with van der Waals surface area (Å²) in [6, 6.07) is 11.8. The second kappa shape index (κ2) is 10.6. The molecule has 3 aromatic rings. The summed E-state index contributed by atoms with van der Waals surface area (Å²) in [5.74, 6) is 2.48. The largest absolute Gasteiger partial charge is 0.480 e. The van der Waals surface area contributed by atoms with Crippen LogP contribution in [0.4, 0.5) is 0 Å². The summed E-state index contributed by atoms with van der Waals surface area (Å²) in [4.78, 5) is 31.7. The number of fused-ring (bicyclic) bond motifs is 1. The van der Waals surface area contributed by atoms with Crippen LogP contribution in [0.5, 0.6) is 5.75 Å². The molecule has 0 spiro atoms. The van der Waals surface area contributed by atoms with Gasteiger partial charge >= 0.3 is 5.97 Å². The second-order valence-corrected chi connectivity index (χ2v) is 9.89. The van der Waals surface area contributed by atoms with Gasteiger partial charge in [0, 0.05) is 15.1 Å². The molecule has 2 heterocycles. The third-order valence-electron chi connectivity index (χ3n) is 5.27. The fourth-order valence-electron chi connectivity index (χ4n) is 3.78. The third kappa shape index (κ3) is 5.13. The van der Waals surface area contributed by atoms with Gasteiger partial charge in [-0.2, -0.15) is 0 Å². The number of allylic oxidation sites excluding steroid dienone is 1. The molecule has 0 aliphatic carbocycles. The van der Waals surface area contributed by atoms with Crippen LogP contribution in [0.1, 0.15) is 31.0 Å². The Balaban J connectivity index is 1.94. The maximum atomic E-state index is 13.7. The van der Waals surface area contributed by atoms with E-state index >= 15 is 0 Å². The molecule has 0 bridgehead atoms. The number of aromatic nitrogens is 1. The molecule has 0 N–H and O–H groups in total. The molecule has 0 fully saturated rings. The van der Waals surface area contributed by atoms with Gasteiger partial charge in [-0.05, 0) is 55.8 Å². The Hall–Kier alpha value is -3.12. The Morgan fingerprint density at radius 2 is 2.06 bits per heavy atom. The minimum Gasteiger partial charge on any atom is -0.480 e. The molecule has 35 heavy (non-hydrogen) atoms. The van der Waals surface area contributed by atoms with E-state index in [1.165, 1.54) is 15.9 Å². The van der Waals surface area contributed by atoms with Crippen molar-refractivity contribution >= 4 is 50.9 Å². The van der Waals surface area contributed by atoms with Crippen LogP contribution in [0.2, 0.25) is 5.02 Å². The summed E-state index contributed by atoms with van der Waals surface area (Å²) in [6.45, 7) is 3.78. The lowest BCUT2D eigenvalue weighted by molar-refractivity contribution is -0.139. The van der Waals surface area contributed by atoms with Crippen molar-refractivity contribution in [3.8, 4) is 18.1 Å². The average molecular weight is 572 g/mol. The molecular weight excluding hydrogens is 552 g/mol. The zero-order chi connectivity index (χ0) is 25.1. The molecule has 0 amide bonds. The Morgan fingerprint density at radius 3 is 2.74 bits per heavy atom. The van der Waals surface area contributed by atoms with E-state index in [1.807, 2.05) is 12.1 Å². The first-order valence-corrected chi connectivity index (χ1v) is 12.6.